The number of hydrogen-bond acceptors (Lipinski definition) is 9. The van der Waals surface area contributed by atoms with Crippen LogP contribution in [0.1, 0.15) is 0 Å². The normalized spacial score (nSPS) is 12.8. The number of anilines is 2. The van der Waals surface area contributed by atoms with E-state index in [2.05, 4.69) is 20.0 Å². The van der Waals surface area contributed by atoms with E-state index in [1.165, 1.54) is 43.5 Å². The number of nitrogens with one attached hydrogen (secondary N) is 2. The first-order chi connectivity index (χ1) is 18.2. The van der Waals surface area contributed by atoms with Crippen LogP contribution >= 0.6 is 11.6 Å². The fourth-order valence-electron chi connectivity index (χ4n) is 3.77. The zero-order chi connectivity index (χ0) is 26.9. The first kappa shape index (κ1) is 25.2. The maximum absolute atomic E-state index is 13.6. The van der Waals surface area contributed by atoms with Crippen molar-refractivity contribution in [2.45, 2.75) is 4.90 Å². The number of benzene rings is 3. The third-order valence-electron chi connectivity index (χ3n) is 5.50. The van der Waals surface area contributed by atoms with E-state index in [1.807, 2.05) is 0 Å². The fourth-order valence-corrected chi connectivity index (χ4v) is 5.65. The lowest BCUT2D eigenvalue weighted by Gasteiger charge is -2.31. The summed E-state index contributed by atoms with van der Waals surface area (Å²) in [5, 5.41) is 6.40. The van der Waals surface area contributed by atoms with Gasteiger partial charge in [0, 0.05) is 22.3 Å². The molecular weight excluding hydrogens is 540 g/mol. The van der Waals surface area contributed by atoms with Crippen molar-refractivity contribution in [1.82, 2.24) is 10.1 Å². The van der Waals surface area contributed by atoms with Crippen LogP contribution in [-0.4, -0.2) is 44.9 Å². The van der Waals surface area contributed by atoms with Gasteiger partial charge in [-0.1, -0.05) is 16.8 Å². The zero-order valence-electron chi connectivity index (χ0n) is 19.6. The molecule has 2 heterocycles. The van der Waals surface area contributed by atoms with Crippen molar-refractivity contribution in [3.05, 3.63) is 76.2 Å². The summed E-state index contributed by atoms with van der Waals surface area (Å²) in [5.41, 5.74) is 1.17. The Hall–Kier alpha value is -4.49. The second-order valence-electron chi connectivity index (χ2n) is 7.89. The standard InChI is InChI=1S/C24H19ClN4O8S/c1-34-20-8-4-15(25)12-21(20)38(32,33)29-10-11-35-19-9-7-17(13-18(19)29)36-23(30)26-16-5-2-14(3-6-16)22-27-24(31)37-28-22/h2-9,12-13H,10-11H2,1H3,(H,26,30)(H,27,28,31). The van der Waals surface area contributed by atoms with Crippen LogP contribution < -0.4 is 29.6 Å². The summed E-state index contributed by atoms with van der Waals surface area (Å²) < 4.78 is 49.0. The highest BCUT2D eigenvalue weighted by Crippen LogP contribution is 2.40. The molecule has 2 N–H and O–H groups in total. The van der Waals surface area contributed by atoms with Crippen LogP contribution in [0.3, 0.4) is 0 Å². The van der Waals surface area contributed by atoms with Crippen molar-refractivity contribution in [3.63, 3.8) is 0 Å². The van der Waals surface area contributed by atoms with Crippen molar-refractivity contribution in [2.24, 2.45) is 0 Å². The highest BCUT2D eigenvalue weighted by molar-refractivity contribution is 7.93. The number of aromatic nitrogens is 2. The van der Waals surface area contributed by atoms with E-state index in [0.717, 1.165) is 4.31 Å². The Bertz CT molecular complexity index is 1670. The first-order valence-electron chi connectivity index (χ1n) is 11.0. The average molecular weight is 559 g/mol. The molecule has 0 aliphatic carbocycles. The van der Waals surface area contributed by atoms with Gasteiger partial charge in [0.2, 0.25) is 0 Å². The Morgan fingerprint density at radius 2 is 1.92 bits per heavy atom. The molecule has 1 aliphatic heterocycles. The zero-order valence-corrected chi connectivity index (χ0v) is 21.2. The van der Waals surface area contributed by atoms with Gasteiger partial charge in [-0.15, -0.1) is 0 Å². The highest BCUT2D eigenvalue weighted by Gasteiger charge is 2.33. The number of sulfonamides is 1. The van der Waals surface area contributed by atoms with E-state index in [1.54, 1.807) is 24.3 Å². The molecule has 0 saturated heterocycles. The summed E-state index contributed by atoms with van der Waals surface area (Å²) in [4.78, 5) is 26.0. The predicted molar refractivity (Wildman–Crippen MR) is 137 cm³/mol. The number of amides is 1. The summed E-state index contributed by atoms with van der Waals surface area (Å²) in [6, 6.07) is 15.1. The number of methoxy groups -OCH3 is 1. The van der Waals surface area contributed by atoms with E-state index in [9.17, 15) is 18.0 Å². The largest absolute Gasteiger partial charge is 0.495 e. The average Bonchev–Trinajstić information content (AvgIpc) is 3.34. The molecule has 38 heavy (non-hydrogen) atoms. The van der Waals surface area contributed by atoms with Gasteiger partial charge in [0.05, 0.1) is 19.3 Å². The monoisotopic (exact) mass is 558 g/mol. The molecule has 0 spiro atoms. The lowest BCUT2D eigenvalue weighted by Crippen LogP contribution is -2.38. The van der Waals surface area contributed by atoms with Crippen LogP contribution in [0.25, 0.3) is 11.4 Å². The molecule has 1 amide bonds. The minimum Gasteiger partial charge on any atom is -0.495 e. The summed E-state index contributed by atoms with van der Waals surface area (Å²) >= 11 is 6.06. The van der Waals surface area contributed by atoms with Crippen LogP contribution in [-0.2, 0) is 10.0 Å². The van der Waals surface area contributed by atoms with Crippen LogP contribution in [0.4, 0.5) is 16.2 Å². The molecule has 1 aromatic heterocycles. The van der Waals surface area contributed by atoms with Crippen LogP contribution in [0.2, 0.25) is 5.02 Å². The van der Waals surface area contributed by atoms with Crippen molar-refractivity contribution < 1.29 is 31.9 Å². The molecule has 5 rings (SSSR count). The molecule has 0 saturated carbocycles. The molecular formula is C24H19ClN4O8S. The number of rotatable bonds is 6. The number of hydrogen-bond donors (Lipinski definition) is 2. The second kappa shape index (κ2) is 10.1. The van der Waals surface area contributed by atoms with Gasteiger partial charge in [0.15, 0.2) is 5.82 Å². The smallest absolute Gasteiger partial charge is 0.439 e. The summed E-state index contributed by atoms with van der Waals surface area (Å²) in [6.45, 7) is 0.137. The Kier molecular flexibility index (Phi) is 6.70. The second-order valence-corrected chi connectivity index (χ2v) is 10.2. The van der Waals surface area contributed by atoms with Crippen molar-refractivity contribution >= 4 is 39.1 Å². The lowest BCUT2D eigenvalue weighted by atomic mass is 10.2. The number of fused-ring (bicyclic) bond motifs is 1. The van der Waals surface area contributed by atoms with Crippen LogP contribution in [0.15, 0.2) is 74.9 Å². The van der Waals surface area contributed by atoms with Crippen molar-refractivity contribution in [3.8, 4) is 28.6 Å². The van der Waals surface area contributed by atoms with E-state index in [-0.39, 0.29) is 46.1 Å². The van der Waals surface area contributed by atoms with E-state index >= 15 is 0 Å². The van der Waals surface area contributed by atoms with Crippen molar-refractivity contribution in [1.29, 1.82) is 0 Å². The number of carbonyl (C=O) groups is 1. The third-order valence-corrected chi connectivity index (χ3v) is 7.57. The number of aromatic amines is 1. The number of nitrogens with zero attached hydrogens (tertiary/aromatic N) is 2. The van der Waals surface area contributed by atoms with Gasteiger partial charge >= 0.3 is 11.8 Å². The maximum Gasteiger partial charge on any atom is 0.439 e. The molecule has 0 bridgehead atoms. The van der Waals surface area contributed by atoms with Gasteiger partial charge in [0.1, 0.15) is 28.8 Å². The lowest BCUT2D eigenvalue weighted by molar-refractivity contribution is 0.215. The number of H-pyrrole nitrogens is 1. The molecule has 0 atom stereocenters. The topological polar surface area (TPSA) is 153 Å². The van der Waals surface area contributed by atoms with E-state index < -0.39 is 21.9 Å². The summed E-state index contributed by atoms with van der Waals surface area (Å²) in [5.74, 6) is 0.0848. The SMILES string of the molecule is COc1ccc(Cl)cc1S(=O)(=O)N1CCOc2ccc(OC(=O)Nc3ccc(-c4noc(=O)[nH]4)cc3)cc21. The molecule has 12 nitrogen and oxygen atoms in total. The Balaban J connectivity index is 1.35. The number of halogens is 1. The van der Waals surface area contributed by atoms with Gasteiger partial charge in [-0.25, -0.2) is 18.0 Å². The van der Waals surface area contributed by atoms with E-state index in [0.29, 0.717) is 17.0 Å². The van der Waals surface area contributed by atoms with Gasteiger partial charge in [0.25, 0.3) is 10.0 Å². The Labute approximate surface area is 220 Å². The van der Waals surface area contributed by atoms with Gasteiger partial charge in [-0.3, -0.25) is 19.1 Å². The van der Waals surface area contributed by atoms with Gasteiger partial charge in [-0.05, 0) is 54.6 Å². The molecule has 0 radical (unpaired) electrons. The first-order valence-corrected chi connectivity index (χ1v) is 12.8. The molecule has 0 fully saturated rings. The quantitative estimate of drug-likeness (QED) is 0.359. The molecule has 1 aliphatic rings. The third kappa shape index (κ3) is 5.01. The molecule has 0 unspecified atom stereocenters. The van der Waals surface area contributed by atoms with Crippen LogP contribution in [0.5, 0.6) is 17.2 Å². The molecule has 196 valence electrons. The summed E-state index contributed by atoms with van der Waals surface area (Å²) in [7, 11) is -2.74. The highest BCUT2D eigenvalue weighted by atomic mass is 35.5. The molecule has 4 aromatic rings. The Morgan fingerprint density at radius 3 is 2.63 bits per heavy atom. The van der Waals surface area contributed by atoms with Gasteiger partial charge < -0.3 is 14.2 Å². The van der Waals surface area contributed by atoms with E-state index in [4.69, 9.17) is 25.8 Å². The Morgan fingerprint density at radius 1 is 1.13 bits per heavy atom. The minimum absolute atomic E-state index is 0.0176. The van der Waals surface area contributed by atoms with Crippen LogP contribution in [0, 0.1) is 0 Å². The molecule has 14 heteroatoms. The number of ether oxygens (including phenoxy) is 3. The maximum atomic E-state index is 13.6. The predicted octanol–water partition coefficient (Wildman–Crippen LogP) is 3.89. The molecule has 3 aromatic carbocycles. The number of carbonyl (C=O) groups excluding carboxylic acids is 1. The van der Waals surface area contributed by atoms with Gasteiger partial charge in [-0.2, -0.15) is 0 Å². The fraction of sp³-hybridized carbons (Fsp3) is 0.125. The van der Waals surface area contributed by atoms with Crippen molar-refractivity contribution in [2.75, 3.05) is 29.9 Å². The summed E-state index contributed by atoms with van der Waals surface area (Å²) in [6.07, 6.45) is -0.810. The minimum atomic E-state index is -4.11.